The predicted octanol–water partition coefficient (Wildman–Crippen LogP) is 4.37. The van der Waals surface area contributed by atoms with Crippen molar-refractivity contribution in [2.45, 2.75) is 19.9 Å². The number of benzene rings is 2. The largest absolute Gasteiger partial charge is 0.457 e. The third-order valence-electron chi connectivity index (χ3n) is 3.86. The van der Waals surface area contributed by atoms with Gasteiger partial charge in [0.05, 0.1) is 5.56 Å². The van der Waals surface area contributed by atoms with Gasteiger partial charge in [0.15, 0.2) is 0 Å². The fourth-order valence-electron chi connectivity index (χ4n) is 2.52. The smallest absolute Gasteiger partial charge is 0.253 e. The second-order valence-corrected chi connectivity index (χ2v) is 5.64. The first-order valence-electron chi connectivity index (χ1n) is 8.29. The van der Waals surface area contributed by atoms with Gasteiger partial charge in [0.2, 0.25) is 0 Å². The highest BCUT2D eigenvalue weighted by molar-refractivity contribution is 5.93. The molecule has 2 aromatic carbocycles. The SMILES string of the molecule is CCc1ccccc1Oc1cccc(CNC(=O)c2cccnc2)c1. The van der Waals surface area contributed by atoms with E-state index in [9.17, 15) is 4.79 Å². The molecule has 1 amide bonds. The van der Waals surface area contributed by atoms with Crippen LogP contribution in [0.3, 0.4) is 0 Å². The molecule has 0 bridgehead atoms. The summed E-state index contributed by atoms with van der Waals surface area (Å²) < 4.78 is 6.01. The lowest BCUT2D eigenvalue weighted by Crippen LogP contribution is -2.22. The maximum atomic E-state index is 12.1. The second kappa shape index (κ2) is 8.11. The van der Waals surface area contributed by atoms with Crippen molar-refractivity contribution >= 4 is 5.91 Å². The molecule has 126 valence electrons. The number of carbonyl (C=O) groups excluding carboxylic acids is 1. The first-order valence-corrected chi connectivity index (χ1v) is 8.29. The number of aryl methyl sites for hydroxylation is 1. The van der Waals surface area contributed by atoms with Crippen LogP contribution in [0.4, 0.5) is 0 Å². The van der Waals surface area contributed by atoms with Crippen LogP contribution in [0.2, 0.25) is 0 Å². The molecule has 25 heavy (non-hydrogen) atoms. The van der Waals surface area contributed by atoms with Gasteiger partial charge in [-0.05, 0) is 47.9 Å². The van der Waals surface area contributed by atoms with E-state index in [1.165, 1.54) is 0 Å². The van der Waals surface area contributed by atoms with E-state index >= 15 is 0 Å². The molecule has 0 saturated heterocycles. The lowest BCUT2D eigenvalue weighted by Gasteiger charge is -2.11. The molecule has 0 radical (unpaired) electrons. The fourth-order valence-corrected chi connectivity index (χ4v) is 2.52. The molecular weight excluding hydrogens is 312 g/mol. The Morgan fingerprint density at radius 1 is 1.08 bits per heavy atom. The summed E-state index contributed by atoms with van der Waals surface area (Å²) in [6.45, 7) is 2.53. The van der Waals surface area contributed by atoms with Crippen molar-refractivity contribution in [3.63, 3.8) is 0 Å². The van der Waals surface area contributed by atoms with E-state index in [1.807, 2.05) is 42.5 Å². The van der Waals surface area contributed by atoms with Crippen molar-refractivity contribution in [3.8, 4) is 11.5 Å². The minimum atomic E-state index is -0.143. The highest BCUT2D eigenvalue weighted by atomic mass is 16.5. The van der Waals surface area contributed by atoms with E-state index in [2.05, 4.69) is 23.3 Å². The summed E-state index contributed by atoms with van der Waals surface area (Å²) >= 11 is 0. The molecule has 0 spiro atoms. The number of hydrogen-bond acceptors (Lipinski definition) is 3. The van der Waals surface area contributed by atoms with Crippen molar-refractivity contribution in [3.05, 3.63) is 89.7 Å². The Kier molecular flexibility index (Phi) is 5.42. The summed E-state index contributed by atoms with van der Waals surface area (Å²) in [5.74, 6) is 1.48. The Hall–Kier alpha value is -3.14. The number of nitrogens with zero attached hydrogens (tertiary/aromatic N) is 1. The van der Waals surface area contributed by atoms with Crippen molar-refractivity contribution in [2.75, 3.05) is 0 Å². The van der Waals surface area contributed by atoms with Crippen LogP contribution in [0, 0.1) is 0 Å². The summed E-state index contributed by atoms with van der Waals surface area (Å²) in [7, 11) is 0. The standard InChI is InChI=1S/C21H20N2O2/c1-2-17-8-3-4-11-20(17)25-19-10-5-7-16(13-19)14-23-21(24)18-9-6-12-22-15-18/h3-13,15H,2,14H2,1H3,(H,23,24). The van der Waals surface area contributed by atoms with E-state index in [0.29, 0.717) is 12.1 Å². The number of nitrogens with one attached hydrogen (secondary N) is 1. The van der Waals surface area contributed by atoms with Crippen molar-refractivity contribution in [1.82, 2.24) is 10.3 Å². The number of para-hydroxylation sites is 1. The molecular formula is C21H20N2O2. The van der Waals surface area contributed by atoms with E-state index in [4.69, 9.17) is 4.74 Å². The normalized spacial score (nSPS) is 10.3. The highest BCUT2D eigenvalue weighted by Crippen LogP contribution is 2.26. The van der Waals surface area contributed by atoms with E-state index in [-0.39, 0.29) is 5.91 Å². The monoisotopic (exact) mass is 332 g/mol. The minimum Gasteiger partial charge on any atom is -0.457 e. The van der Waals surface area contributed by atoms with Gasteiger partial charge in [-0.3, -0.25) is 9.78 Å². The van der Waals surface area contributed by atoms with Gasteiger partial charge in [0, 0.05) is 18.9 Å². The van der Waals surface area contributed by atoms with E-state index in [0.717, 1.165) is 29.0 Å². The third kappa shape index (κ3) is 4.44. The molecule has 4 heteroatoms. The second-order valence-electron chi connectivity index (χ2n) is 5.64. The number of carbonyl (C=O) groups is 1. The molecule has 0 aliphatic carbocycles. The van der Waals surface area contributed by atoms with Crippen LogP contribution in [-0.2, 0) is 13.0 Å². The van der Waals surface area contributed by atoms with Gasteiger partial charge >= 0.3 is 0 Å². The molecule has 4 nitrogen and oxygen atoms in total. The first-order chi connectivity index (χ1) is 12.3. The van der Waals surface area contributed by atoms with Gasteiger partial charge in [-0.2, -0.15) is 0 Å². The number of rotatable bonds is 6. The predicted molar refractivity (Wildman–Crippen MR) is 97.7 cm³/mol. The molecule has 0 atom stereocenters. The Morgan fingerprint density at radius 3 is 2.76 bits per heavy atom. The molecule has 0 aliphatic rings. The van der Waals surface area contributed by atoms with Crippen molar-refractivity contribution < 1.29 is 9.53 Å². The van der Waals surface area contributed by atoms with Crippen LogP contribution < -0.4 is 10.1 Å². The molecule has 0 fully saturated rings. The molecule has 3 rings (SSSR count). The lowest BCUT2D eigenvalue weighted by atomic mass is 10.1. The fraction of sp³-hybridized carbons (Fsp3) is 0.143. The summed E-state index contributed by atoms with van der Waals surface area (Å²) in [5.41, 5.74) is 2.69. The van der Waals surface area contributed by atoms with Crippen LogP contribution in [-0.4, -0.2) is 10.9 Å². The maximum Gasteiger partial charge on any atom is 0.253 e. The minimum absolute atomic E-state index is 0.143. The molecule has 0 unspecified atom stereocenters. The molecule has 3 aromatic rings. The van der Waals surface area contributed by atoms with E-state index < -0.39 is 0 Å². The van der Waals surface area contributed by atoms with Crippen LogP contribution >= 0.6 is 0 Å². The Labute approximate surface area is 147 Å². The number of hydrogen-bond donors (Lipinski definition) is 1. The quantitative estimate of drug-likeness (QED) is 0.729. The van der Waals surface area contributed by atoms with Gasteiger partial charge in [-0.15, -0.1) is 0 Å². The Bertz CT molecular complexity index is 847. The molecule has 1 N–H and O–H groups in total. The van der Waals surface area contributed by atoms with Gasteiger partial charge in [-0.25, -0.2) is 0 Å². The number of ether oxygens (including phenoxy) is 1. The van der Waals surface area contributed by atoms with Crippen LogP contribution in [0.15, 0.2) is 73.1 Å². The average molecular weight is 332 g/mol. The number of pyridine rings is 1. The summed E-state index contributed by atoms with van der Waals surface area (Å²) in [6, 6.07) is 19.2. The van der Waals surface area contributed by atoms with Crippen LogP contribution in [0.5, 0.6) is 11.5 Å². The van der Waals surface area contributed by atoms with Gasteiger partial charge in [0.25, 0.3) is 5.91 Å². The lowest BCUT2D eigenvalue weighted by molar-refractivity contribution is 0.0950. The third-order valence-corrected chi connectivity index (χ3v) is 3.86. The molecule has 1 heterocycles. The Morgan fingerprint density at radius 2 is 1.96 bits per heavy atom. The maximum absolute atomic E-state index is 12.1. The molecule has 0 aliphatic heterocycles. The summed E-state index contributed by atoms with van der Waals surface area (Å²) in [6.07, 6.45) is 4.11. The summed E-state index contributed by atoms with van der Waals surface area (Å²) in [4.78, 5) is 16.1. The number of amides is 1. The van der Waals surface area contributed by atoms with E-state index in [1.54, 1.807) is 24.5 Å². The topological polar surface area (TPSA) is 51.2 Å². The molecule has 1 aromatic heterocycles. The number of aromatic nitrogens is 1. The molecule has 0 saturated carbocycles. The first kappa shape index (κ1) is 16.7. The highest BCUT2D eigenvalue weighted by Gasteiger charge is 2.06. The van der Waals surface area contributed by atoms with Crippen molar-refractivity contribution in [1.29, 1.82) is 0 Å². The van der Waals surface area contributed by atoms with Gasteiger partial charge in [-0.1, -0.05) is 37.3 Å². The van der Waals surface area contributed by atoms with Gasteiger partial charge in [0.1, 0.15) is 11.5 Å². The zero-order chi connectivity index (χ0) is 17.5. The van der Waals surface area contributed by atoms with Crippen LogP contribution in [0.25, 0.3) is 0 Å². The van der Waals surface area contributed by atoms with Gasteiger partial charge < -0.3 is 10.1 Å². The Balaban J connectivity index is 1.66. The zero-order valence-electron chi connectivity index (χ0n) is 14.1. The zero-order valence-corrected chi connectivity index (χ0v) is 14.1. The summed E-state index contributed by atoms with van der Waals surface area (Å²) in [5, 5.41) is 2.89. The average Bonchev–Trinajstić information content (AvgIpc) is 2.67. The van der Waals surface area contributed by atoms with Crippen LogP contribution in [0.1, 0.15) is 28.4 Å². The van der Waals surface area contributed by atoms with Crippen molar-refractivity contribution in [2.24, 2.45) is 0 Å².